The van der Waals surface area contributed by atoms with Crippen molar-refractivity contribution in [1.82, 2.24) is 10.2 Å². The quantitative estimate of drug-likeness (QED) is 0.315. The van der Waals surface area contributed by atoms with Gasteiger partial charge in [0, 0.05) is 24.0 Å². The molecule has 0 spiro atoms. The molecule has 3 aromatic rings. The standard InChI is InChI=1S/C28H29Cl3N2O2/c1-3-19(2)32-28(35)26(16-20-7-5-4-6-8-20)33(18-22-11-14-24(30)25(31)15-22)27(34)17-21-9-12-23(29)13-10-21/h4-15,19,26H,3,16-18H2,1-2H3,(H,32,35). The summed E-state index contributed by atoms with van der Waals surface area (Å²) < 4.78 is 0. The molecular formula is C28H29Cl3N2O2. The third-order valence-corrected chi connectivity index (χ3v) is 6.87. The molecule has 0 aliphatic heterocycles. The molecule has 2 atom stereocenters. The summed E-state index contributed by atoms with van der Waals surface area (Å²) in [6, 6.07) is 21.4. The molecule has 0 saturated heterocycles. The zero-order valence-electron chi connectivity index (χ0n) is 19.8. The number of carbonyl (C=O) groups excluding carboxylic acids is 2. The topological polar surface area (TPSA) is 49.4 Å². The van der Waals surface area contributed by atoms with Crippen LogP contribution in [-0.4, -0.2) is 28.8 Å². The zero-order valence-corrected chi connectivity index (χ0v) is 22.1. The van der Waals surface area contributed by atoms with E-state index in [2.05, 4.69) is 5.32 Å². The van der Waals surface area contributed by atoms with Gasteiger partial charge in [0.25, 0.3) is 0 Å². The number of nitrogens with zero attached hydrogens (tertiary/aromatic N) is 1. The summed E-state index contributed by atoms with van der Waals surface area (Å²) >= 11 is 18.4. The van der Waals surface area contributed by atoms with Crippen LogP contribution in [0.2, 0.25) is 15.1 Å². The van der Waals surface area contributed by atoms with Gasteiger partial charge in [0.1, 0.15) is 6.04 Å². The molecule has 0 aromatic heterocycles. The SMILES string of the molecule is CCC(C)NC(=O)C(Cc1ccccc1)N(Cc1ccc(Cl)c(Cl)c1)C(=O)Cc1ccc(Cl)cc1. The van der Waals surface area contributed by atoms with Gasteiger partial charge in [0.2, 0.25) is 11.8 Å². The Morgan fingerprint density at radius 2 is 1.51 bits per heavy atom. The average molecular weight is 532 g/mol. The first-order chi connectivity index (χ1) is 16.8. The van der Waals surface area contributed by atoms with Crippen LogP contribution in [0.15, 0.2) is 72.8 Å². The molecule has 0 aliphatic rings. The molecule has 3 aromatic carbocycles. The number of carbonyl (C=O) groups is 2. The van der Waals surface area contributed by atoms with Crippen molar-refractivity contribution in [2.75, 3.05) is 0 Å². The lowest BCUT2D eigenvalue weighted by molar-refractivity contribution is -0.141. The van der Waals surface area contributed by atoms with Crippen molar-refractivity contribution in [1.29, 1.82) is 0 Å². The second-order valence-electron chi connectivity index (χ2n) is 8.60. The predicted octanol–water partition coefficient (Wildman–Crippen LogP) is 6.74. The van der Waals surface area contributed by atoms with Gasteiger partial charge in [-0.15, -0.1) is 0 Å². The van der Waals surface area contributed by atoms with Crippen LogP contribution in [0.1, 0.15) is 37.0 Å². The fourth-order valence-corrected chi connectivity index (χ4v) is 4.15. The van der Waals surface area contributed by atoms with Crippen LogP contribution in [0, 0.1) is 0 Å². The van der Waals surface area contributed by atoms with Gasteiger partial charge in [-0.05, 0) is 54.3 Å². The van der Waals surface area contributed by atoms with Gasteiger partial charge in [-0.1, -0.05) is 90.3 Å². The van der Waals surface area contributed by atoms with Gasteiger partial charge in [-0.3, -0.25) is 9.59 Å². The van der Waals surface area contributed by atoms with Crippen LogP contribution in [-0.2, 0) is 29.0 Å². The molecule has 0 fully saturated rings. The highest BCUT2D eigenvalue weighted by molar-refractivity contribution is 6.42. The van der Waals surface area contributed by atoms with Crippen molar-refractivity contribution in [2.24, 2.45) is 0 Å². The van der Waals surface area contributed by atoms with Crippen LogP contribution < -0.4 is 5.32 Å². The van der Waals surface area contributed by atoms with Crippen molar-refractivity contribution in [3.63, 3.8) is 0 Å². The Bertz CT molecular complexity index is 1140. The highest BCUT2D eigenvalue weighted by Gasteiger charge is 2.31. The van der Waals surface area contributed by atoms with Crippen LogP contribution >= 0.6 is 34.8 Å². The molecule has 3 rings (SSSR count). The Morgan fingerprint density at radius 1 is 0.857 bits per heavy atom. The molecule has 7 heteroatoms. The van der Waals surface area contributed by atoms with Crippen LogP contribution in [0.5, 0.6) is 0 Å². The Labute approximate surface area is 222 Å². The summed E-state index contributed by atoms with van der Waals surface area (Å²) in [7, 11) is 0. The number of benzene rings is 3. The van der Waals surface area contributed by atoms with Crippen molar-refractivity contribution < 1.29 is 9.59 Å². The highest BCUT2D eigenvalue weighted by Crippen LogP contribution is 2.25. The number of hydrogen-bond donors (Lipinski definition) is 1. The van der Waals surface area contributed by atoms with E-state index in [1.807, 2.05) is 62.4 Å². The number of amides is 2. The molecule has 0 radical (unpaired) electrons. The molecule has 1 N–H and O–H groups in total. The largest absolute Gasteiger partial charge is 0.352 e. The Balaban J connectivity index is 1.98. The van der Waals surface area contributed by atoms with E-state index in [0.29, 0.717) is 21.5 Å². The van der Waals surface area contributed by atoms with Crippen LogP contribution in [0.4, 0.5) is 0 Å². The molecule has 0 aliphatic carbocycles. The summed E-state index contributed by atoms with van der Waals surface area (Å²) in [6.07, 6.45) is 1.31. The summed E-state index contributed by atoms with van der Waals surface area (Å²) in [5.74, 6) is -0.355. The van der Waals surface area contributed by atoms with E-state index < -0.39 is 6.04 Å². The Morgan fingerprint density at radius 3 is 2.14 bits per heavy atom. The van der Waals surface area contributed by atoms with Crippen molar-refractivity contribution >= 4 is 46.6 Å². The third kappa shape index (κ3) is 7.99. The van der Waals surface area contributed by atoms with Crippen LogP contribution in [0.25, 0.3) is 0 Å². The molecule has 0 heterocycles. The summed E-state index contributed by atoms with van der Waals surface area (Å²) in [5, 5.41) is 4.50. The normalized spacial score (nSPS) is 12.6. The lowest BCUT2D eigenvalue weighted by atomic mass is 10.0. The monoisotopic (exact) mass is 530 g/mol. The summed E-state index contributed by atoms with van der Waals surface area (Å²) in [5.41, 5.74) is 2.58. The van der Waals surface area contributed by atoms with Gasteiger partial charge >= 0.3 is 0 Å². The minimum Gasteiger partial charge on any atom is -0.352 e. The third-order valence-electron chi connectivity index (χ3n) is 5.88. The predicted molar refractivity (Wildman–Crippen MR) is 144 cm³/mol. The van der Waals surface area contributed by atoms with E-state index in [4.69, 9.17) is 34.8 Å². The lowest BCUT2D eigenvalue weighted by Crippen LogP contribution is -2.52. The first-order valence-corrected chi connectivity index (χ1v) is 12.7. The molecule has 4 nitrogen and oxygen atoms in total. The molecule has 0 bridgehead atoms. The van der Waals surface area contributed by atoms with Gasteiger partial charge in [-0.25, -0.2) is 0 Å². The lowest BCUT2D eigenvalue weighted by Gasteiger charge is -2.32. The molecule has 2 unspecified atom stereocenters. The Kier molecular flexibility index (Phi) is 10.0. The van der Waals surface area contributed by atoms with Gasteiger partial charge in [-0.2, -0.15) is 0 Å². The first-order valence-electron chi connectivity index (χ1n) is 11.6. The van der Waals surface area contributed by atoms with E-state index in [-0.39, 0.29) is 30.8 Å². The average Bonchev–Trinajstić information content (AvgIpc) is 2.85. The smallest absolute Gasteiger partial charge is 0.243 e. The van der Waals surface area contributed by atoms with Gasteiger partial charge in [0.15, 0.2) is 0 Å². The second-order valence-corrected chi connectivity index (χ2v) is 9.85. The number of hydrogen-bond acceptors (Lipinski definition) is 2. The van der Waals surface area contributed by atoms with Gasteiger partial charge < -0.3 is 10.2 Å². The molecule has 2 amide bonds. The van der Waals surface area contributed by atoms with Crippen molar-refractivity contribution in [3.8, 4) is 0 Å². The minimum absolute atomic E-state index is 0.0148. The molecular weight excluding hydrogens is 503 g/mol. The highest BCUT2D eigenvalue weighted by atomic mass is 35.5. The van der Waals surface area contributed by atoms with Crippen molar-refractivity contribution in [2.45, 2.75) is 51.7 Å². The van der Waals surface area contributed by atoms with E-state index in [0.717, 1.165) is 23.1 Å². The maximum absolute atomic E-state index is 13.7. The van der Waals surface area contributed by atoms with Crippen LogP contribution in [0.3, 0.4) is 0 Å². The summed E-state index contributed by atoms with van der Waals surface area (Å²) in [4.78, 5) is 28.8. The first kappa shape index (κ1) is 27.1. The molecule has 0 saturated carbocycles. The second kappa shape index (κ2) is 13.0. The van der Waals surface area contributed by atoms with E-state index in [1.54, 1.807) is 29.2 Å². The fraction of sp³-hybridized carbons (Fsp3) is 0.286. The number of rotatable bonds is 10. The zero-order chi connectivity index (χ0) is 25.4. The molecule has 35 heavy (non-hydrogen) atoms. The number of nitrogens with one attached hydrogen (secondary N) is 1. The maximum atomic E-state index is 13.7. The van der Waals surface area contributed by atoms with E-state index in [1.165, 1.54) is 0 Å². The minimum atomic E-state index is -0.708. The maximum Gasteiger partial charge on any atom is 0.243 e. The molecule has 184 valence electrons. The summed E-state index contributed by atoms with van der Waals surface area (Å²) in [6.45, 7) is 4.18. The van der Waals surface area contributed by atoms with Crippen molar-refractivity contribution in [3.05, 3.63) is 105 Å². The van der Waals surface area contributed by atoms with E-state index in [9.17, 15) is 9.59 Å². The fourth-order valence-electron chi connectivity index (χ4n) is 3.71. The number of halogens is 3. The van der Waals surface area contributed by atoms with E-state index >= 15 is 0 Å². The Hall–Kier alpha value is -2.53. The van der Waals surface area contributed by atoms with Gasteiger partial charge in [0.05, 0.1) is 16.5 Å².